The molecule has 2 nitrogen and oxygen atoms in total. The maximum atomic E-state index is 11.3. The van der Waals surface area contributed by atoms with E-state index in [9.17, 15) is 4.79 Å². The number of hydrogen-bond donors (Lipinski definition) is 0. The van der Waals surface area contributed by atoms with E-state index < -0.39 is 0 Å². The summed E-state index contributed by atoms with van der Waals surface area (Å²) in [5.41, 5.74) is 1.38. The number of unbranched alkanes of at least 4 members (excludes halogenated alkanes) is 1. The van der Waals surface area contributed by atoms with E-state index in [1.54, 1.807) is 6.08 Å². The zero-order chi connectivity index (χ0) is 11.2. The van der Waals surface area contributed by atoms with Crippen molar-refractivity contribution in [1.29, 1.82) is 0 Å². The average Bonchev–Trinajstić information content (AvgIpc) is 2.72. The molecule has 1 aliphatic rings. The van der Waals surface area contributed by atoms with Gasteiger partial charge in [0.25, 0.3) is 0 Å². The number of hydrogen-bond acceptors (Lipinski definition) is 1. The van der Waals surface area contributed by atoms with Crippen molar-refractivity contribution >= 4 is 5.91 Å². The van der Waals surface area contributed by atoms with Gasteiger partial charge in [0, 0.05) is 19.2 Å². The van der Waals surface area contributed by atoms with Crippen LogP contribution in [0.5, 0.6) is 0 Å². The Kier molecular flexibility index (Phi) is 3.76. The van der Waals surface area contributed by atoms with Gasteiger partial charge in [0.05, 0.1) is 0 Å². The largest absolute Gasteiger partial charge is 0.335 e. The van der Waals surface area contributed by atoms with Crippen molar-refractivity contribution in [3.05, 3.63) is 48.0 Å². The van der Waals surface area contributed by atoms with Crippen LogP contribution in [0.15, 0.2) is 42.5 Å². The van der Waals surface area contributed by atoms with Crippen LogP contribution in [0.1, 0.15) is 18.4 Å². The number of benzene rings is 1. The molecule has 0 N–H and O–H groups in total. The van der Waals surface area contributed by atoms with Crippen LogP contribution < -0.4 is 0 Å². The molecule has 0 saturated carbocycles. The molecule has 1 heterocycles. The average molecular weight is 215 g/mol. The number of carbonyl (C=O) groups is 1. The molecule has 1 aliphatic heterocycles. The molecule has 0 aliphatic carbocycles. The van der Waals surface area contributed by atoms with E-state index in [2.05, 4.69) is 24.3 Å². The summed E-state index contributed by atoms with van der Waals surface area (Å²) in [6, 6.07) is 10.5. The van der Waals surface area contributed by atoms with Gasteiger partial charge in [-0.1, -0.05) is 36.4 Å². The highest BCUT2D eigenvalue weighted by Gasteiger charge is 2.12. The third kappa shape index (κ3) is 2.96. The predicted octanol–water partition coefficient (Wildman–Crippen LogP) is 2.41. The van der Waals surface area contributed by atoms with Crippen molar-refractivity contribution in [3.63, 3.8) is 0 Å². The minimum Gasteiger partial charge on any atom is -0.335 e. The van der Waals surface area contributed by atoms with Crippen LogP contribution >= 0.6 is 0 Å². The third-order valence-corrected chi connectivity index (χ3v) is 2.88. The van der Waals surface area contributed by atoms with Crippen LogP contribution in [0, 0.1) is 0 Å². The molecule has 1 amide bonds. The molecule has 0 spiro atoms. The first-order valence-corrected chi connectivity index (χ1v) is 5.85. The Hall–Kier alpha value is -1.57. The van der Waals surface area contributed by atoms with E-state index in [4.69, 9.17) is 0 Å². The second-order valence-electron chi connectivity index (χ2n) is 4.13. The fourth-order valence-corrected chi connectivity index (χ4v) is 1.95. The zero-order valence-electron chi connectivity index (χ0n) is 9.43. The van der Waals surface area contributed by atoms with Gasteiger partial charge < -0.3 is 4.90 Å². The Balaban J connectivity index is 1.64. The van der Waals surface area contributed by atoms with Crippen molar-refractivity contribution in [3.8, 4) is 0 Å². The van der Waals surface area contributed by atoms with Crippen molar-refractivity contribution < 1.29 is 4.79 Å². The maximum absolute atomic E-state index is 11.3. The smallest absolute Gasteiger partial charge is 0.246 e. The first kappa shape index (κ1) is 10.9. The molecule has 16 heavy (non-hydrogen) atoms. The normalized spacial score (nSPS) is 14.8. The van der Waals surface area contributed by atoms with E-state index in [0.717, 1.165) is 32.4 Å². The van der Waals surface area contributed by atoms with Gasteiger partial charge >= 0.3 is 0 Å². The highest BCUT2D eigenvalue weighted by Crippen LogP contribution is 2.07. The SMILES string of the molecule is O=C1C=CCN1CCCCc1ccccc1. The molecular weight excluding hydrogens is 198 g/mol. The summed E-state index contributed by atoms with van der Waals surface area (Å²) in [6.07, 6.45) is 6.93. The first-order chi connectivity index (χ1) is 7.86. The fourth-order valence-electron chi connectivity index (χ4n) is 1.95. The quantitative estimate of drug-likeness (QED) is 0.691. The van der Waals surface area contributed by atoms with Gasteiger partial charge in [-0.25, -0.2) is 0 Å². The number of amides is 1. The minimum absolute atomic E-state index is 0.166. The lowest BCUT2D eigenvalue weighted by Crippen LogP contribution is -2.26. The van der Waals surface area contributed by atoms with Crippen LogP contribution in [0.4, 0.5) is 0 Å². The van der Waals surface area contributed by atoms with Crippen LogP contribution in [0.2, 0.25) is 0 Å². The predicted molar refractivity (Wildman–Crippen MR) is 65.1 cm³/mol. The van der Waals surface area contributed by atoms with Crippen LogP contribution in [0.3, 0.4) is 0 Å². The van der Waals surface area contributed by atoms with Crippen LogP contribution in [0.25, 0.3) is 0 Å². The summed E-state index contributed by atoms with van der Waals surface area (Å²) in [6.45, 7) is 1.68. The van der Waals surface area contributed by atoms with Crippen molar-refractivity contribution in [2.75, 3.05) is 13.1 Å². The molecular formula is C14H17NO. The standard InChI is InChI=1S/C14H17NO/c16-14-10-6-12-15(14)11-5-4-9-13-7-2-1-3-8-13/h1-3,6-8,10H,4-5,9,11-12H2. The zero-order valence-corrected chi connectivity index (χ0v) is 9.43. The van der Waals surface area contributed by atoms with Gasteiger partial charge in [-0.2, -0.15) is 0 Å². The van der Waals surface area contributed by atoms with E-state index in [0.29, 0.717) is 0 Å². The molecule has 2 heteroatoms. The Labute approximate surface area is 96.6 Å². The van der Waals surface area contributed by atoms with Gasteiger partial charge in [-0.3, -0.25) is 4.79 Å². The second-order valence-corrected chi connectivity index (χ2v) is 4.13. The summed E-state index contributed by atoms with van der Waals surface area (Å²) in [5.74, 6) is 0.166. The van der Waals surface area contributed by atoms with Crippen LogP contribution in [-0.4, -0.2) is 23.9 Å². The molecule has 84 valence electrons. The molecule has 0 bridgehead atoms. The highest BCUT2D eigenvalue weighted by atomic mass is 16.2. The molecule has 0 radical (unpaired) electrons. The number of aryl methyl sites for hydroxylation is 1. The Morgan fingerprint density at radius 1 is 1.12 bits per heavy atom. The maximum Gasteiger partial charge on any atom is 0.246 e. The van der Waals surface area contributed by atoms with Crippen LogP contribution in [-0.2, 0) is 11.2 Å². The van der Waals surface area contributed by atoms with Gasteiger partial charge in [-0.15, -0.1) is 0 Å². The third-order valence-electron chi connectivity index (χ3n) is 2.88. The molecule has 1 aromatic rings. The van der Waals surface area contributed by atoms with E-state index >= 15 is 0 Å². The van der Waals surface area contributed by atoms with Gasteiger partial charge in [-0.05, 0) is 24.8 Å². The second kappa shape index (κ2) is 5.50. The van der Waals surface area contributed by atoms with Gasteiger partial charge in [0.15, 0.2) is 0 Å². The van der Waals surface area contributed by atoms with Gasteiger partial charge in [0.2, 0.25) is 5.91 Å². The highest BCUT2D eigenvalue weighted by molar-refractivity contribution is 5.89. The Morgan fingerprint density at radius 3 is 2.62 bits per heavy atom. The van der Waals surface area contributed by atoms with E-state index in [1.165, 1.54) is 5.56 Å². The molecule has 0 fully saturated rings. The number of nitrogens with zero attached hydrogens (tertiary/aromatic N) is 1. The topological polar surface area (TPSA) is 20.3 Å². The van der Waals surface area contributed by atoms with Crippen molar-refractivity contribution in [1.82, 2.24) is 4.90 Å². The van der Waals surface area contributed by atoms with E-state index in [1.807, 2.05) is 17.0 Å². The molecule has 2 rings (SSSR count). The lowest BCUT2D eigenvalue weighted by molar-refractivity contribution is -0.124. The Bertz CT molecular complexity index is 370. The molecule has 0 saturated heterocycles. The molecule has 0 aromatic heterocycles. The monoisotopic (exact) mass is 215 g/mol. The van der Waals surface area contributed by atoms with Crippen molar-refractivity contribution in [2.45, 2.75) is 19.3 Å². The van der Waals surface area contributed by atoms with Crippen molar-refractivity contribution in [2.24, 2.45) is 0 Å². The fraction of sp³-hybridized carbons (Fsp3) is 0.357. The lowest BCUT2D eigenvalue weighted by atomic mass is 10.1. The molecule has 1 aromatic carbocycles. The first-order valence-electron chi connectivity index (χ1n) is 5.85. The molecule has 0 atom stereocenters. The number of carbonyl (C=O) groups excluding carboxylic acids is 1. The lowest BCUT2D eigenvalue weighted by Gasteiger charge is -2.14. The summed E-state index contributed by atoms with van der Waals surface area (Å²) in [7, 11) is 0. The molecule has 0 unspecified atom stereocenters. The summed E-state index contributed by atoms with van der Waals surface area (Å²) < 4.78 is 0. The summed E-state index contributed by atoms with van der Waals surface area (Å²) >= 11 is 0. The van der Waals surface area contributed by atoms with E-state index in [-0.39, 0.29) is 5.91 Å². The Morgan fingerprint density at radius 2 is 1.94 bits per heavy atom. The number of rotatable bonds is 5. The van der Waals surface area contributed by atoms with Gasteiger partial charge in [0.1, 0.15) is 0 Å². The summed E-state index contributed by atoms with van der Waals surface area (Å²) in [5, 5.41) is 0. The summed E-state index contributed by atoms with van der Waals surface area (Å²) in [4.78, 5) is 13.2. The minimum atomic E-state index is 0.166.